The SMILES string of the molecule is COc1cc2c(cc1OC(C)C)[C@H](c1ccc(Cl)cc1)N(c1ccc(N(C)CC3CC(O)(CO)C3)cc1)C(=O)C2. The van der Waals surface area contributed by atoms with E-state index >= 15 is 0 Å². The zero-order chi connectivity index (χ0) is 28.6. The first-order valence-electron chi connectivity index (χ1n) is 13.7. The van der Waals surface area contributed by atoms with E-state index in [2.05, 4.69) is 4.90 Å². The molecular weight excluding hydrogens is 528 g/mol. The maximum atomic E-state index is 13.7. The van der Waals surface area contributed by atoms with Crippen LogP contribution in [0.1, 0.15) is 49.4 Å². The Morgan fingerprint density at radius 1 is 1.07 bits per heavy atom. The van der Waals surface area contributed by atoms with Crippen LogP contribution in [0.5, 0.6) is 11.5 Å². The summed E-state index contributed by atoms with van der Waals surface area (Å²) in [5.74, 6) is 1.58. The molecule has 0 spiro atoms. The number of aliphatic hydroxyl groups is 2. The number of methoxy groups -OCH3 is 1. The zero-order valence-corrected chi connectivity index (χ0v) is 24.2. The fraction of sp³-hybridized carbons (Fsp3) is 0.406. The number of carbonyl (C=O) groups excluding carboxylic acids is 1. The van der Waals surface area contributed by atoms with Crippen molar-refractivity contribution in [2.75, 3.05) is 37.1 Å². The highest BCUT2D eigenvalue weighted by atomic mass is 35.5. The van der Waals surface area contributed by atoms with Crippen LogP contribution >= 0.6 is 11.6 Å². The van der Waals surface area contributed by atoms with Crippen LogP contribution in [0.25, 0.3) is 0 Å². The molecule has 1 heterocycles. The number of rotatable bonds is 9. The van der Waals surface area contributed by atoms with E-state index in [0.717, 1.165) is 34.6 Å². The van der Waals surface area contributed by atoms with Crippen molar-refractivity contribution < 1.29 is 24.5 Å². The molecule has 5 rings (SSSR count). The van der Waals surface area contributed by atoms with Crippen molar-refractivity contribution in [3.05, 3.63) is 82.4 Å². The molecule has 1 aliphatic heterocycles. The van der Waals surface area contributed by atoms with Gasteiger partial charge in [0.05, 0.1) is 37.9 Å². The van der Waals surface area contributed by atoms with Crippen LogP contribution in [0, 0.1) is 5.92 Å². The van der Waals surface area contributed by atoms with Crippen molar-refractivity contribution >= 4 is 28.9 Å². The van der Waals surface area contributed by atoms with Crippen LogP contribution in [0.2, 0.25) is 5.02 Å². The highest BCUT2D eigenvalue weighted by Gasteiger charge is 2.42. The van der Waals surface area contributed by atoms with Gasteiger partial charge in [0.25, 0.3) is 0 Å². The first-order chi connectivity index (χ1) is 19.1. The van der Waals surface area contributed by atoms with Crippen LogP contribution in [0.3, 0.4) is 0 Å². The first kappa shape index (κ1) is 28.3. The fourth-order valence-corrected chi connectivity index (χ4v) is 6.09. The maximum absolute atomic E-state index is 13.7. The molecule has 2 aliphatic rings. The van der Waals surface area contributed by atoms with Crippen LogP contribution in [-0.4, -0.2) is 55.1 Å². The summed E-state index contributed by atoms with van der Waals surface area (Å²) in [5.41, 5.74) is 3.74. The number of carbonyl (C=O) groups is 1. The largest absolute Gasteiger partial charge is 0.493 e. The Hall–Kier alpha value is -3.26. The topological polar surface area (TPSA) is 82.5 Å². The molecule has 0 bridgehead atoms. The number of amides is 1. The van der Waals surface area contributed by atoms with E-state index in [1.54, 1.807) is 7.11 Å². The molecule has 8 heteroatoms. The third-order valence-corrected chi connectivity index (χ3v) is 8.12. The Labute approximate surface area is 240 Å². The molecule has 0 aromatic heterocycles. The normalized spacial score (nSPS) is 22.1. The molecule has 1 fully saturated rings. The van der Waals surface area contributed by atoms with E-state index in [1.807, 2.05) is 86.5 Å². The molecule has 3 aromatic carbocycles. The van der Waals surface area contributed by atoms with Crippen molar-refractivity contribution in [1.82, 2.24) is 0 Å². The number of halogens is 1. The summed E-state index contributed by atoms with van der Waals surface area (Å²) in [6.45, 7) is 4.54. The molecule has 0 unspecified atom stereocenters. The van der Waals surface area contributed by atoms with Gasteiger partial charge in [-0.15, -0.1) is 0 Å². The highest BCUT2D eigenvalue weighted by molar-refractivity contribution is 6.30. The number of anilines is 2. The highest BCUT2D eigenvalue weighted by Crippen LogP contribution is 2.44. The second kappa shape index (κ2) is 11.3. The summed E-state index contributed by atoms with van der Waals surface area (Å²) < 4.78 is 11.7. The molecule has 1 saturated carbocycles. The van der Waals surface area contributed by atoms with Gasteiger partial charge in [-0.3, -0.25) is 4.79 Å². The molecule has 0 radical (unpaired) electrons. The van der Waals surface area contributed by atoms with Gasteiger partial charge in [-0.25, -0.2) is 0 Å². The predicted molar refractivity (Wildman–Crippen MR) is 158 cm³/mol. The number of benzene rings is 3. The Bertz CT molecular complexity index is 1350. The number of hydrogen-bond donors (Lipinski definition) is 2. The summed E-state index contributed by atoms with van der Waals surface area (Å²) in [5, 5.41) is 20.1. The third kappa shape index (κ3) is 5.64. The lowest BCUT2D eigenvalue weighted by molar-refractivity contribution is -0.118. The molecule has 212 valence electrons. The van der Waals surface area contributed by atoms with E-state index < -0.39 is 5.60 Å². The van der Waals surface area contributed by atoms with Gasteiger partial charge in [-0.05, 0) is 97.8 Å². The second-order valence-corrected chi connectivity index (χ2v) is 11.8. The van der Waals surface area contributed by atoms with Gasteiger partial charge < -0.3 is 29.5 Å². The Balaban J connectivity index is 1.48. The quantitative estimate of drug-likeness (QED) is 0.363. The molecule has 2 N–H and O–H groups in total. The third-order valence-electron chi connectivity index (χ3n) is 7.87. The van der Waals surface area contributed by atoms with Gasteiger partial charge in [0.1, 0.15) is 0 Å². The summed E-state index contributed by atoms with van der Waals surface area (Å²) in [4.78, 5) is 17.7. The molecule has 1 aliphatic carbocycles. The molecule has 7 nitrogen and oxygen atoms in total. The summed E-state index contributed by atoms with van der Waals surface area (Å²) in [6.07, 6.45) is 1.41. The standard InChI is InChI=1S/C32H37ClN2O5/c1-20(2)40-29-15-27-23(13-28(29)39-4)14-30(37)35(31(27)22-5-7-24(33)8-6-22)26-11-9-25(10-12-26)34(3)18-21-16-32(38,17-21)19-36/h5-13,15,20-21,31,36,38H,14,16-19H2,1-4H3/t21?,31-,32?/m0/s1. The lowest BCUT2D eigenvalue weighted by Crippen LogP contribution is -2.50. The van der Waals surface area contributed by atoms with E-state index in [1.165, 1.54) is 0 Å². The average molecular weight is 565 g/mol. The van der Waals surface area contributed by atoms with Crippen LogP contribution < -0.4 is 19.3 Å². The zero-order valence-electron chi connectivity index (χ0n) is 23.4. The Kier molecular flexibility index (Phi) is 8.00. The first-order valence-corrected chi connectivity index (χ1v) is 14.1. The number of ether oxygens (including phenoxy) is 2. The van der Waals surface area contributed by atoms with E-state index in [0.29, 0.717) is 35.3 Å². The van der Waals surface area contributed by atoms with Gasteiger partial charge >= 0.3 is 0 Å². The van der Waals surface area contributed by atoms with E-state index in [9.17, 15) is 15.0 Å². The molecule has 3 aromatic rings. The van der Waals surface area contributed by atoms with Gasteiger partial charge in [0.2, 0.25) is 5.91 Å². The number of fused-ring (bicyclic) bond motifs is 1. The van der Waals surface area contributed by atoms with Crippen molar-refractivity contribution in [2.24, 2.45) is 5.92 Å². The Morgan fingerprint density at radius 2 is 1.75 bits per heavy atom. The second-order valence-electron chi connectivity index (χ2n) is 11.3. The van der Waals surface area contributed by atoms with Gasteiger partial charge in [-0.2, -0.15) is 0 Å². The molecule has 1 atom stereocenters. The number of nitrogens with zero attached hydrogens (tertiary/aromatic N) is 2. The van der Waals surface area contributed by atoms with E-state index in [4.69, 9.17) is 21.1 Å². The van der Waals surface area contributed by atoms with Gasteiger partial charge in [0.15, 0.2) is 11.5 Å². The smallest absolute Gasteiger partial charge is 0.232 e. The summed E-state index contributed by atoms with van der Waals surface area (Å²) in [6, 6.07) is 19.2. The van der Waals surface area contributed by atoms with Crippen LogP contribution in [0.15, 0.2) is 60.7 Å². The monoisotopic (exact) mass is 564 g/mol. The molecule has 1 amide bonds. The van der Waals surface area contributed by atoms with Crippen LogP contribution in [-0.2, 0) is 11.2 Å². The van der Waals surface area contributed by atoms with Crippen molar-refractivity contribution in [3.8, 4) is 11.5 Å². The van der Waals surface area contributed by atoms with Crippen LogP contribution in [0.4, 0.5) is 11.4 Å². The fourth-order valence-electron chi connectivity index (χ4n) is 5.96. The van der Waals surface area contributed by atoms with Crippen molar-refractivity contribution in [3.63, 3.8) is 0 Å². The molecular formula is C32H37ClN2O5. The molecule has 40 heavy (non-hydrogen) atoms. The summed E-state index contributed by atoms with van der Waals surface area (Å²) >= 11 is 6.23. The number of aliphatic hydroxyl groups excluding tert-OH is 1. The van der Waals surface area contributed by atoms with Gasteiger partial charge in [-0.1, -0.05) is 23.7 Å². The minimum absolute atomic E-state index is 0.00843. The minimum atomic E-state index is -0.930. The van der Waals surface area contributed by atoms with Gasteiger partial charge in [0, 0.05) is 30.0 Å². The predicted octanol–water partition coefficient (Wildman–Crippen LogP) is 5.38. The lowest BCUT2D eigenvalue weighted by atomic mass is 9.71. The minimum Gasteiger partial charge on any atom is -0.493 e. The van der Waals surface area contributed by atoms with Crippen molar-refractivity contribution in [1.29, 1.82) is 0 Å². The van der Waals surface area contributed by atoms with E-state index in [-0.39, 0.29) is 31.1 Å². The summed E-state index contributed by atoms with van der Waals surface area (Å²) in [7, 11) is 3.63. The molecule has 0 saturated heterocycles. The Morgan fingerprint density at radius 3 is 2.35 bits per heavy atom. The maximum Gasteiger partial charge on any atom is 0.232 e. The van der Waals surface area contributed by atoms with Crippen molar-refractivity contribution in [2.45, 2.75) is 50.9 Å². The lowest BCUT2D eigenvalue weighted by Gasteiger charge is -2.44. The average Bonchev–Trinajstić information content (AvgIpc) is 2.91. The number of hydrogen-bond acceptors (Lipinski definition) is 6.